The van der Waals surface area contributed by atoms with E-state index in [1.807, 2.05) is 0 Å². The van der Waals surface area contributed by atoms with Gasteiger partial charge in [0.1, 0.15) is 0 Å². The summed E-state index contributed by atoms with van der Waals surface area (Å²) in [4.78, 5) is 2.35. The van der Waals surface area contributed by atoms with Crippen molar-refractivity contribution in [2.75, 3.05) is 4.90 Å². The molecule has 13 aromatic rings. The van der Waals surface area contributed by atoms with Gasteiger partial charge >= 0.3 is 0 Å². The van der Waals surface area contributed by atoms with Gasteiger partial charge in [-0.1, -0.05) is 218 Å². The zero-order valence-electron chi connectivity index (χ0n) is 39.6. The number of nitrogens with zero attached hydrogens (tertiary/aromatic N) is 2. The van der Waals surface area contributed by atoms with Crippen LogP contribution in [0.4, 0.5) is 17.1 Å². The zero-order valence-corrected chi connectivity index (χ0v) is 39.6. The Morgan fingerprint density at radius 2 is 0.542 bits per heavy atom. The second-order valence-electron chi connectivity index (χ2n) is 18.6. The monoisotopic (exact) mass is 916 g/mol. The maximum absolute atomic E-state index is 2.37. The zero-order chi connectivity index (χ0) is 47.8. The molecule has 12 aromatic carbocycles. The van der Waals surface area contributed by atoms with Crippen LogP contribution in [0.2, 0.25) is 0 Å². The van der Waals surface area contributed by atoms with Crippen LogP contribution < -0.4 is 4.90 Å². The molecule has 13 rings (SSSR count). The SMILES string of the molecule is c1ccc(-c2ccc(-c3ccc(N(c4ccc(-c5ccc(-c6ccc7ccccc7c6)cc5)cc4)c4ccc(-c5ccc(-c6ccc7c(c6)c6ccccc6n7-c6ccccc6)cc5)cc4)cc3)cc2)cc1. The molecular weight excluding hydrogens is 869 g/mol. The number of hydrogen-bond acceptors (Lipinski definition) is 1. The molecule has 0 spiro atoms. The Kier molecular flexibility index (Phi) is 10.9. The summed E-state index contributed by atoms with van der Waals surface area (Å²) in [6, 6.07) is 106. The van der Waals surface area contributed by atoms with Crippen molar-refractivity contribution in [2.45, 2.75) is 0 Å². The third kappa shape index (κ3) is 8.11. The van der Waals surface area contributed by atoms with E-state index < -0.39 is 0 Å². The van der Waals surface area contributed by atoms with Crippen molar-refractivity contribution in [2.24, 2.45) is 0 Å². The Morgan fingerprint density at radius 3 is 1.04 bits per heavy atom. The van der Waals surface area contributed by atoms with E-state index in [4.69, 9.17) is 0 Å². The highest BCUT2D eigenvalue weighted by Gasteiger charge is 2.16. The fourth-order valence-corrected chi connectivity index (χ4v) is 10.4. The lowest BCUT2D eigenvalue weighted by Gasteiger charge is -2.26. The molecule has 0 radical (unpaired) electrons. The minimum atomic E-state index is 1.09. The van der Waals surface area contributed by atoms with Crippen LogP contribution in [-0.2, 0) is 0 Å². The molecule has 0 saturated heterocycles. The normalized spacial score (nSPS) is 11.3. The van der Waals surface area contributed by atoms with Crippen molar-refractivity contribution in [3.8, 4) is 72.4 Å². The Bertz CT molecular complexity index is 4010. The first kappa shape index (κ1) is 42.6. The predicted octanol–water partition coefficient (Wildman–Crippen LogP) is 19.4. The van der Waals surface area contributed by atoms with E-state index in [1.165, 1.54) is 105 Å². The van der Waals surface area contributed by atoms with Gasteiger partial charge < -0.3 is 9.47 Å². The first-order valence-electron chi connectivity index (χ1n) is 24.7. The van der Waals surface area contributed by atoms with Gasteiger partial charge in [0.05, 0.1) is 11.0 Å². The van der Waals surface area contributed by atoms with Crippen LogP contribution in [0.5, 0.6) is 0 Å². The van der Waals surface area contributed by atoms with Crippen molar-refractivity contribution >= 4 is 49.6 Å². The average molecular weight is 917 g/mol. The van der Waals surface area contributed by atoms with Crippen LogP contribution in [0.1, 0.15) is 0 Å². The summed E-state index contributed by atoms with van der Waals surface area (Å²) in [5.74, 6) is 0. The van der Waals surface area contributed by atoms with Crippen molar-refractivity contribution in [1.29, 1.82) is 0 Å². The molecule has 2 nitrogen and oxygen atoms in total. The Balaban J connectivity index is 0.794. The second kappa shape index (κ2) is 18.4. The second-order valence-corrected chi connectivity index (χ2v) is 18.6. The molecule has 0 saturated carbocycles. The predicted molar refractivity (Wildman–Crippen MR) is 306 cm³/mol. The molecule has 338 valence electrons. The molecule has 72 heavy (non-hydrogen) atoms. The number of para-hydroxylation sites is 2. The van der Waals surface area contributed by atoms with Crippen molar-refractivity contribution in [3.05, 3.63) is 291 Å². The van der Waals surface area contributed by atoms with Gasteiger partial charge in [0.15, 0.2) is 0 Å². The van der Waals surface area contributed by atoms with E-state index in [1.54, 1.807) is 0 Å². The number of fused-ring (bicyclic) bond motifs is 4. The maximum Gasteiger partial charge on any atom is 0.0541 e. The number of benzene rings is 12. The molecule has 0 N–H and O–H groups in total. The van der Waals surface area contributed by atoms with E-state index in [9.17, 15) is 0 Å². The maximum atomic E-state index is 2.37. The first-order valence-corrected chi connectivity index (χ1v) is 24.7. The molecule has 1 aromatic heterocycles. The molecule has 1 heterocycles. The van der Waals surface area contributed by atoms with Gasteiger partial charge in [-0.05, 0) is 150 Å². The molecule has 0 unspecified atom stereocenters. The summed E-state index contributed by atoms with van der Waals surface area (Å²) in [6.45, 7) is 0. The molecule has 0 aliphatic carbocycles. The molecule has 0 atom stereocenters. The fraction of sp³-hybridized carbons (Fsp3) is 0. The van der Waals surface area contributed by atoms with E-state index >= 15 is 0 Å². The Hall–Kier alpha value is -9.50. The van der Waals surface area contributed by atoms with Gasteiger partial charge in [0.2, 0.25) is 0 Å². The minimum absolute atomic E-state index is 1.09. The van der Waals surface area contributed by atoms with Crippen molar-refractivity contribution < 1.29 is 0 Å². The van der Waals surface area contributed by atoms with Gasteiger partial charge in [0.25, 0.3) is 0 Å². The molecular formula is C70H48N2. The summed E-state index contributed by atoms with van der Waals surface area (Å²) >= 11 is 0. The lowest BCUT2D eigenvalue weighted by Crippen LogP contribution is -2.09. The third-order valence-electron chi connectivity index (χ3n) is 14.2. The van der Waals surface area contributed by atoms with Gasteiger partial charge in [-0.15, -0.1) is 0 Å². The van der Waals surface area contributed by atoms with E-state index in [2.05, 4.69) is 301 Å². The van der Waals surface area contributed by atoms with Gasteiger partial charge in [-0.3, -0.25) is 0 Å². The lowest BCUT2D eigenvalue weighted by molar-refractivity contribution is 1.18. The van der Waals surface area contributed by atoms with E-state index in [-0.39, 0.29) is 0 Å². The quantitative estimate of drug-likeness (QED) is 0.133. The molecule has 0 bridgehead atoms. The lowest BCUT2D eigenvalue weighted by atomic mass is 9.98. The summed E-state index contributed by atoms with van der Waals surface area (Å²) in [5.41, 5.74) is 21.2. The standard InChI is InChI=1S/C70H48N2/c1-3-11-49(12-4-1)51-19-21-52(22-20-51)55-33-40-64(41-34-55)71(65-42-35-56(36-43-65)53-23-27-58(28-24-53)61-32-31-50-13-7-8-14-60(50)47-61)66-44-37-57(38-45-66)54-25-29-59(30-26-54)62-39-46-70-68(48-62)67-17-9-10-18-69(67)72(70)63-15-5-2-6-16-63/h1-48H. The fourth-order valence-electron chi connectivity index (χ4n) is 10.4. The van der Waals surface area contributed by atoms with Crippen LogP contribution in [0.25, 0.3) is 105 Å². The number of rotatable bonds is 10. The summed E-state index contributed by atoms with van der Waals surface area (Å²) in [7, 11) is 0. The molecule has 2 heteroatoms. The summed E-state index contributed by atoms with van der Waals surface area (Å²) in [5, 5.41) is 5.02. The smallest absolute Gasteiger partial charge is 0.0541 e. The number of hydrogen-bond donors (Lipinski definition) is 0. The molecule has 0 amide bonds. The van der Waals surface area contributed by atoms with Gasteiger partial charge in [-0.25, -0.2) is 0 Å². The summed E-state index contributed by atoms with van der Waals surface area (Å²) < 4.78 is 2.37. The highest BCUT2D eigenvalue weighted by Crippen LogP contribution is 2.40. The van der Waals surface area contributed by atoms with Crippen LogP contribution in [0.3, 0.4) is 0 Å². The topological polar surface area (TPSA) is 8.17 Å². The van der Waals surface area contributed by atoms with Crippen LogP contribution in [-0.4, -0.2) is 4.57 Å². The Morgan fingerprint density at radius 1 is 0.208 bits per heavy atom. The average Bonchev–Trinajstić information content (AvgIpc) is 3.80. The van der Waals surface area contributed by atoms with Crippen molar-refractivity contribution in [3.63, 3.8) is 0 Å². The molecule has 0 aliphatic heterocycles. The van der Waals surface area contributed by atoms with Gasteiger partial charge in [-0.2, -0.15) is 0 Å². The highest BCUT2D eigenvalue weighted by atomic mass is 15.1. The van der Waals surface area contributed by atoms with Crippen LogP contribution >= 0.6 is 0 Å². The third-order valence-corrected chi connectivity index (χ3v) is 14.2. The molecule has 0 fully saturated rings. The van der Waals surface area contributed by atoms with E-state index in [0.29, 0.717) is 0 Å². The van der Waals surface area contributed by atoms with E-state index in [0.717, 1.165) is 17.1 Å². The number of anilines is 3. The van der Waals surface area contributed by atoms with Crippen LogP contribution in [0, 0.1) is 0 Å². The van der Waals surface area contributed by atoms with Crippen LogP contribution in [0.15, 0.2) is 291 Å². The Labute approximate surface area is 420 Å². The highest BCUT2D eigenvalue weighted by molar-refractivity contribution is 6.10. The summed E-state index contributed by atoms with van der Waals surface area (Å²) in [6.07, 6.45) is 0. The first-order chi connectivity index (χ1) is 35.7. The minimum Gasteiger partial charge on any atom is -0.311 e. The number of aromatic nitrogens is 1. The van der Waals surface area contributed by atoms with Crippen molar-refractivity contribution in [1.82, 2.24) is 4.57 Å². The largest absolute Gasteiger partial charge is 0.311 e. The molecule has 0 aliphatic rings. The van der Waals surface area contributed by atoms with Gasteiger partial charge in [0, 0.05) is 33.5 Å².